The Morgan fingerprint density at radius 1 is 1.44 bits per heavy atom. The summed E-state index contributed by atoms with van der Waals surface area (Å²) in [5.74, 6) is -0.435. The van der Waals surface area contributed by atoms with E-state index in [1.807, 2.05) is 13.8 Å². The Morgan fingerprint density at radius 2 is 1.94 bits per heavy atom. The highest BCUT2D eigenvalue weighted by Crippen LogP contribution is 2.21. The van der Waals surface area contributed by atoms with Crippen LogP contribution in [-0.4, -0.2) is 41.3 Å². The van der Waals surface area contributed by atoms with E-state index in [0.29, 0.717) is 13.0 Å². The molecule has 0 aromatic rings. The van der Waals surface area contributed by atoms with Gasteiger partial charge in [0.15, 0.2) is 0 Å². The van der Waals surface area contributed by atoms with Crippen molar-refractivity contribution in [2.75, 3.05) is 13.6 Å². The smallest absolute Gasteiger partial charge is 0.244 e. The molecule has 0 radical (unpaired) electrons. The Bertz CT molecular complexity index is 346. The van der Waals surface area contributed by atoms with Crippen LogP contribution >= 0.6 is 12.2 Å². The third kappa shape index (κ3) is 3.66. The molecule has 0 aromatic heterocycles. The van der Waals surface area contributed by atoms with E-state index in [4.69, 9.17) is 18.0 Å². The van der Waals surface area contributed by atoms with E-state index < -0.39 is 11.5 Å². The predicted octanol–water partition coefficient (Wildman–Crippen LogP) is 0.672. The van der Waals surface area contributed by atoms with Crippen molar-refractivity contribution in [2.24, 2.45) is 11.1 Å². The van der Waals surface area contributed by atoms with Gasteiger partial charge in [0.1, 0.15) is 6.04 Å². The summed E-state index contributed by atoms with van der Waals surface area (Å²) < 4.78 is 0. The maximum atomic E-state index is 12.1. The normalized spacial score (nSPS) is 15.4. The van der Waals surface area contributed by atoms with Crippen LogP contribution in [0.2, 0.25) is 0 Å². The van der Waals surface area contributed by atoms with Crippen molar-refractivity contribution < 1.29 is 9.59 Å². The average molecular weight is 273 g/mol. The lowest BCUT2D eigenvalue weighted by molar-refractivity contribution is -0.136. The summed E-state index contributed by atoms with van der Waals surface area (Å²) >= 11 is 4.92. The molecule has 2 amide bonds. The largest absolute Gasteiger partial charge is 0.392 e. The van der Waals surface area contributed by atoms with Gasteiger partial charge in [-0.05, 0) is 27.2 Å². The summed E-state index contributed by atoms with van der Waals surface area (Å²) in [6, 6.07) is -0.581. The van der Waals surface area contributed by atoms with E-state index in [9.17, 15) is 9.59 Å². The number of amides is 2. The molecule has 0 aliphatic carbocycles. The SMILES string of the molecule is CCN(C)C(=O)C(C)NC(=O)C(C)(CC)C(N)=S. The molecule has 6 heteroatoms. The fraction of sp³-hybridized carbons (Fsp3) is 0.750. The molecule has 0 aromatic carbocycles. The summed E-state index contributed by atoms with van der Waals surface area (Å²) in [5.41, 5.74) is 4.69. The van der Waals surface area contributed by atoms with Crippen molar-refractivity contribution in [1.29, 1.82) is 0 Å². The van der Waals surface area contributed by atoms with Crippen molar-refractivity contribution in [3.63, 3.8) is 0 Å². The van der Waals surface area contributed by atoms with Crippen LogP contribution < -0.4 is 11.1 Å². The Hall–Kier alpha value is -1.17. The number of likely N-dealkylation sites (N-methyl/N-ethyl adjacent to an activating group) is 1. The third-order valence-corrected chi connectivity index (χ3v) is 3.77. The zero-order valence-corrected chi connectivity index (χ0v) is 12.6. The second kappa shape index (κ2) is 6.68. The monoisotopic (exact) mass is 273 g/mol. The lowest BCUT2D eigenvalue weighted by Crippen LogP contribution is -2.53. The molecule has 0 rings (SSSR count). The Morgan fingerprint density at radius 3 is 2.28 bits per heavy atom. The number of hydrogen-bond acceptors (Lipinski definition) is 3. The second-order valence-electron chi connectivity index (χ2n) is 4.60. The summed E-state index contributed by atoms with van der Waals surface area (Å²) in [4.78, 5) is 25.7. The number of hydrogen-bond donors (Lipinski definition) is 2. The number of carbonyl (C=O) groups is 2. The summed E-state index contributed by atoms with van der Waals surface area (Å²) in [6.07, 6.45) is 0.499. The molecule has 0 aliphatic rings. The number of nitrogens with zero attached hydrogens (tertiary/aromatic N) is 1. The van der Waals surface area contributed by atoms with E-state index in [1.165, 1.54) is 0 Å². The van der Waals surface area contributed by atoms with Crippen LogP contribution in [0.5, 0.6) is 0 Å². The maximum Gasteiger partial charge on any atom is 0.244 e. The molecule has 2 atom stereocenters. The molecule has 0 spiro atoms. The first-order valence-corrected chi connectivity index (χ1v) is 6.47. The van der Waals surface area contributed by atoms with Gasteiger partial charge in [-0.25, -0.2) is 0 Å². The van der Waals surface area contributed by atoms with E-state index in [-0.39, 0.29) is 16.8 Å². The standard InChI is InChI=1S/C12H23N3O2S/c1-6-12(4,10(13)18)11(17)14-8(3)9(16)15(5)7-2/h8H,6-7H2,1-5H3,(H2,13,18)(H,14,17). The van der Waals surface area contributed by atoms with Crippen molar-refractivity contribution in [1.82, 2.24) is 10.2 Å². The van der Waals surface area contributed by atoms with Gasteiger partial charge in [0.2, 0.25) is 11.8 Å². The molecular weight excluding hydrogens is 250 g/mol. The van der Waals surface area contributed by atoms with Crippen LogP contribution in [0.25, 0.3) is 0 Å². The third-order valence-electron chi connectivity index (χ3n) is 3.32. The minimum Gasteiger partial charge on any atom is -0.392 e. The number of nitrogens with one attached hydrogen (secondary N) is 1. The zero-order chi connectivity index (χ0) is 14.5. The summed E-state index contributed by atoms with van der Waals surface area (Å²) in [7, 11) is 1.69. The quantitative estimate of drug-likeness (QED) is 0.698. The van der Waals surface area contributed by atoms with Crippen molar-refractivity contribution in [3.8, 4) is 0 Å². The van der Waals surface area contributed by atoms with E-state index in [2.05, 4.69) is 5.32 Å². The molecule has 0 fully saturated rings. The van der Waals surface area contributed by atoms with Crippen LogP contribution in [0.1, 0.15) is 34.1 Å². The van der Waals surface area contributed by atoms with Crippen LogP contribution in [0.15, 0.2) is 0 Å². The van der Waals surface area contributed by atoms with Crippen molar-refractivity contribution in [3.05, 3.63) is 0 Å². The highest BCUT2D eigenvalue weighted by atomic mass is 32.1. The molecule has 2 unspecified atom stereocenters. The van der Waals surface area contributed by atoms with E-state index in [0.717, 1.165) is 0 Å². The van der Waals surface area contributed by atoms with Crippen LogP contribution in [0, 0.1) is 5.41 Å². The Balaban J connectivity index is 4.76. The molecule has 0 bridgehead atoms. The number of carbonyl (C=O) groups excluding carboxylic acids is 2. The second-order valence-corrected chi connectivity index (χ2v) is 5.04. The highest BCUT2D eigenvalue weighted by molar-refractivity contribution is 7.80. The summed E-state index contributed by atoms with van der Waals surface area (Å²) in [5, 5.41) is 2.67. The minimum atomic E-state index is -0.908. The fourth-order valence-electron chi connectivity index (χ4n) is 1.35. The van der Waals surface area contributed by atoms with Crippen molar-refractivity contribution >= 4 is 29.0 Å². The van der Waals surface area contributed by atoms with Gasteiger partial charge in [-0.15, -0.1) is 0 Å². The highest BCUT2D eigenvalue weighted by Gasteiger charge is 2.36. The summed E-state index contributed by atoms with van der Waals surface area (Å²) in [6.45, 7) is 7.65. The van der Waals surface area contributed by atoms with Gasteiger partial charge in [-0.2, -0.15) is 0 Å². The van der Waals surface area contributed by atoms with Gasteiger partial charge in [0.25, 0.3) is 0 Å². The maximum absolute atomic E-state index is 12.1. The number of rotatable bonds is 6. The van der Waals surface area contributed by atoms with Gasteiger partial charge in [-0.3, -0.25) is 9.59 Å². The van der Waals surface area contributed by atoms with Gasteiger partial charge >= 0.3 is 0 Å². The molecule has 0 heterocycles. The average Bonchev–Trinajstić information content (AvgIpc) is 2.34. The molecule has 0 aliphatic heterocycles. The molecule has 3 N–H and O–H groups in total. The van der Waals surface area contributed by atoms with Gasteiger partial charge in [0, 0.05) is 13.6 Å². The minimum absolute atomic E-state index is 0.132. The molecule has 0 saturated carbocycles. The first-order chi connectivity index (χ1) is 8.20. The van der Waals surface area contributed by atoms with Crippen LogP contribution in [0.3, 0.4) is 0 Å². The first kappa shape index (κ1) is 16.8. The first-order valence-electron chi connectivity index (χ1n) is 6.06. The number of thiocarbonyl (C=S) groups is 1. The van der Waals surface area contributed by atoms with Gasteiger partial charge in [0.05, 0.1) is 10.4 Å². The Kier molecular flexibility index (Phi) is 6.25. The predicted molar refractivity (Wildman–Crippen MR) is 76.1 cm³/mol. The molecule has 104 valence electrons. The van der Waals surface area contributed by atoms with E-state index in [1.54, 1.807) is 25.8 Å². The molecule has 5 nitrogen and oxygen atoms in total. The fourth-order valence-corrected chi connectivity index (χ4v) is 1.59. The zero-order valence-electron chi connectivity index (χ0n) is 11.7. The van der Waals surface area contributed by atoms with Gasteiger partial charge in [-0.1, -0.05) is 19.1 Å². The Labute approximate surface area is 114 Å². The van der Waals surface area contributed by atoms with E-state index >= 15 is 0 Å². The molecular formula is C12H23N3O2S. The van der Waals surface area contributed by atoms with Crippen LogP contribution in [0.4, 0.5) is 0 Å². The topological polar surface area (TPSA) is 75.4 Å². The van der Waals surface area contributed by atoms with Gasteiger partial charge < -0.3 is 16.0 Å². The lowest BCUT2D eigenvalue weighted by atomic mass is 9.86. The van der Waals surface area contributed by atoms with Crippen LogP contribution in [-0.2, 0) is 9.59 Å². The molecule has 0 saturated heterocycles. The lowest BCUT2D eigenvalue weighted by Gasteiger charge is -2.28. The van der Waals surface area contributed by atoms with Crippen molar-refractivity contribution in [2.45, 2.75) is 40.2 Å². The molecule has 18 heavy (non-hydrogen) atoms. The number of nitrogens with two attached hydrogens (primary N) is 1.